The lowest BCUT2D eigenvalue weighted by Crippen LogP contribution is -2.20. The van der Waals surface area contributed by atoms with E-state index in [1.54, 1.807) is 0 Å². The highest BCUT2D eigenvalue weighted by molar-refractivity contribution is 7.22. The number of hydrogen-bond acceptors (Lipinski definition) is 8. The summed E-state index contributed by atoms with van der Waals surface area (Å²) in [5.74, 6) is -0.595. The van der Waals surface area contributed by atoms with Crippen molar-refractivity contribution in [1.29, 1.82) is 0 Å². The lowest BCUT2D eigenvalue weighted by molar-refractivity contribution is -0.127. The number of rotatable bonds is 5. The molecular formula is C13H12N6O2S. The van der Waals surface area contributed by atoms with Crippen LogP contribution in [0.2, 0.25) is 0 Å². The lowest BCUT2D eigenvalue weighted by atomic mass is 10.2. The molecule has 0 aliphatic rings. The molecule has 0 aliphatic carbocycles. The van der Waals surface area contributed by atoms with Crippen LogP contribution in [0.1, 0.15) is 19.8 Å². The first-order chi connectivity index (χ1) is 10.8. The highest BCUT2D eigenvalue weighted by Gasteiger charge is 2.17. The zero-order chi connectivity index (χ0) is 15.4. The monoisotopic (exact) mass is 316 g/mol. The van der Waals surface area contributed by atoms with Gasteiger partial charge in [0.1, 0.15) is 5.71 Å². The largest absolute Gasteiger partial charge is 0.384 e. The minimum atomic E-state index is -0.595. The first kappa shape index (κ1) is 14.3. The van der Waals surface area contributed by atoms with Gasteiger partial charge in [-0.15, -0.1) is 0 Å². The van der Waals surface area contributed by atoms with Crippen molar-refractivity contribution in [2.75, 3.05) is 0 Å². The van der Waals surface area contributed by atoms with E-state index in [2.05, 4.69) is 30.6 Å². The number of aromatic amines is 1. The molecule has 112 valence electrons. The molecule has 0 bridgehead atoms. The van der Waals surface area contributed by atoms with E-state index in [1.165, 1.54) is 11.3 Å². The predicted octanol–water partition coefficient (Wildman–Crippen LogP) is 2.29. The molecule has 3 aromatic rings. The van der Waals surface area contributed by atoms with Gasteiger partial charge in [-0.1, -0.05) is 47.0 Å². The summed E-state index contributed by atoms with van der Waals surface area (Å²) in [5, 5.41) is 13.2. The van der Waals surface area contributed by atoms with E-state index in [0.717, 1.165) is 16.6 Å². The summed E-state index contributed by atoms with van der Waals surface area (Å²) in [6.07, 6.45) is 1.23. The third-order valence-corrected chi connectivity index (χ3v) is 3.68. The average Bonchev–Trinajstić information content (AvgIpc) is 3.15. The molecule has 8 nitrogen and oxygen atoms in total. The van der Waals surface area contributed by atoms with Gasteiger partial charge in [0.2, 0.25) is 5.13 Å². The van der Waals surface area contributed by atoms with Gasteiger partial charge < -0.3 is 4.74 Å². The Bertz CT molecular complexity index is 778. The summed E-state index contributed by atoms with van der Waals surface area (Å²) in [7, 11) is 0. The zero-order valence-electron chi connectivity index (χ0n) is 11.7. The fraction of sp³-hybridized carbons (Fsp3) is 0.231. The van der Waals surface area contributed by atoms with E-state index in [4.69, 9.17) is 4.74 Å². The number of aromatic nitrogens is 5. The van der Waals surface area contributed by atoms with Crippen molar-refractivity contribution in [3.05, 3.63) is 24.3 Å². The number of para-hydroxylation sites is 1. The van der Waals surface area contributed by atoms with E-state index in [-0.39, 0.29) is 11.7 Å². The Labute approximate surface area is 129 Å². The number of esters is 1. The summed E-state index contributed by atoms with van der Waals surface area (Å²) in [4.78, 5) is 20.8. The second-order valence-corrected chi connectivity index (χ2v) is 5.37. The Balaban J connectivity index is 1.87. The minimum Gasteiger partial charge on any atom is -0.384 e. The number of hydrogen-bond donors (Lipinski definition) is 1. The van der Waals surface area contributed by atoms with Crippen LogP contribution in [0.25, 0.3) is 10.2 Å². The van der Waals surface area contributed by atoms with Crippen molar-refractivity contribution in [2.45, 2.75) is 19.8 Å². The smallest absolute Gasteiger partial charge is 0.363 e. The van der Waals surface area contributed by atoms with Gasteiger partial charge in [0.15, 0.2) is 0 Å². The fourth-order valence-electron chi connectivity index (χ4n) is 1.80. The second-order valence-electron chi connectivity index (χ2n) is 4.36. The standard InChI is InChI=1S/C13H12N6O2S/c1-2-5-9(11(20)21-12-16-18-19-17-12)15-13-14-8-6-3-4-7-10(8)22-13/h3-4,6-7H,2,5H2,1H3,(H,16,17,18,19). The van der Waals surface area contributed by atoms with E-state index < -0.39 is 5.97 Å². The van der Waals surface area contributed by atoms with Gasteiger partial charge in [0.25, 0.3) is 0 Å². The summed E-state index contributed by atoms with van der Waals surface area (Å²) in [5.41, 5.74) is 1.14. The molecular weight excluding hydrogens is 304 g/mol. The number of ether oxygens (including phenoxy) is 1. The molecule has 3 rings (SSSR count). The molecule has 1 N–H and O–H groups in total. The molecule has 0 unspecified atom stereocenters. The number of thiazole rings is 1. The van der Waals surface area contributed by atoms with E-state index in [0.29, 0.717) is 11.6 Å². The van der Waals surface area contributed by atoms with Crippen LogP contribution in [0, 0.1) is 0 Å². The molecule has 0 fully saturated rings. The summed E-state index contributed by atoms with van der Waals surface area (Å²) >= 11 is 1.42. The van der Waals surface area contributed by atoms with E-state index >= 15 is 0 Å². The van der Waals surface area contributed by atoms with Crippen molar-refractivity contribution >= 4 is 38.4 Å². The van der Waals surface area contributed by atoms with Crippen molar-refractivity contribution in [3.63, 3.8) is 0 Å². The topological polar surface area (TPSA) is 106 Å². The van der Waals surface area contributed by atoms with Crippen LogP contribution in [0.5, 0.6) is 6.01 Å². The quantitative estimate of drug-likeness (QED) is 0.572. The Kier molecular flexibility index (Phi) is 4.15. The Morgan fingerprint density at radius 2 is 2.27 bits per heavy atom. The maximum absolute atomic E-state index is 12.1. The minimum absolute atomic E-state index is 0.127. The van der Waals surface area contributed by atoms with Gasteiger partial charge in [-0.25, -0.2) is 14.8 Å². The summed E-state index contributed by atoms with van der Waals surface area (Å²) in [6.45, 7) is 1.95. The number of nitrogens with one attached hydrogen (secondary N) is 1. The Morgan fingerprint density at radius 1 is 1.41 bits per heavy atom. The maximum atomic E-state index is 12.1. The number of tetrazole rings is 1. The number of carbonyl (C=O) groups is 1. The van der Waals surface area contributed by atoms with Crippen LogP contribution in [0.15, 0.2) is 29.3 Å². The fourth-order valence-corrected chi connectivity index (χ4v) is 2.66. The highest BCUT2D eigenvalue weighted by Crippen LogP contribution is 2.28. The lowest BCUT2D eigenvalue weighted by Gasteiger charge is -2.01. The van der Waals surface area contributed by atoms with E-state index in [9.17, 15) is 4.79 Å². The highest BCUT2D eigenvalue weighted by atomic mass is 32.1. The predicted molar refractivity (Wildman–Crippen MR) is 81.4 cm³/mol. The number of carbonyl (C=O) groups excluding carboxylic acids is 1. The van der Waals surface area contributed by atoms with Gasteiger partial charge in [-0.05, 0) is 23.8 Å². The third-order valence-electron chi connectivity index (χ3n) is 2.75. The van der Waals surface area contributed by atoms with Crippen molar-refractivity contribution < 1.29 is 9.53 Å². The van der Waals surface area contributed by atoms with Crippen LogP contribution in [-0.2, 0) is 4.79 Å². The molecule has 0 saturated heterocycles. The third kappa shape index (κ3) is 3.14. The number of aliphatic imine (C=N–C) groups is 1. The first-order valence-corrected chi connectivity index (χ1v) is 7.46. The zero-order valence-corrected chi connectivity index (χ0v) is 12.5. The first-order valence-electron chi connectivity index (χ1n) is 6.65. The molecule has 0 aliphatic heterocycles. The van der Waals surface area contributed by atoms with Gasteiger partial charge in [0, 0.05) is 0 Å². The Morgan fingerprint density at radius 3 is 3.00 bits per heavy atom. The van der Waals surface area contributed by atoms with Crippen LogP contribution in [0.3, 0.4) is 0 Å². The molecule has 22 heavy (non-hydrogen) atoms. The van der Waals surface area contributed by atoms with Gasteiger partial charge in [-0.2, -0.15) is 5.21 Å². The van der Waals surface area contributed by atoms with Crippen LogP contribution in [0.4, 0.5) is 5.13 Å². The van der Waals surface area contributed by atoms with Gasteiger partial charge in [0.05, 0.1) is 10.2 Å². The molecule has 1 aromatic carbocycles. The Hall–Kier alpha value is -2.68. The van der Waals surface area contributed by atoms with Crippen molar-refractivity contribution in [1.82, 2.24) is 25.6 Å². The van der Waals surface area contributed by atoms with Crippen LogP contribution >= 0.6 is 11.3 Å². The van der Waals surface area contributed by atoms with Gasteiger partial charge in [-0.3, -0.25) is 0 Å². The second kappa shape index (κ2) is 6.39. The molecule has 0 amide bonds. The molecule has 0 saturated carbocycles. The molecule has 0 spiro atoms. The molecule has 0 atom stereocenters. The van der Waals surface area contributed by atoms with Crippen LogP contribution in [-0.4, -0.2) is 37.3 Å². The molecule has 2 aromatic heterocycles. The normalized spacial score (nSPS) is 11.8. The SMILES string of the molecule is CCCC(=Nc1nc2ccccc2s1)C(=O)Oc1nn[nH]n1. The van der Waals surface area contributed by atoms with Crippen molar-refractivity contribution in [2.24, 2.45) is 4.99 Å². The molecule has 2 heterocycles. The van der Waals surface area contributed by atoms with Crippen molar-refractivity contribution in [3.8, 4) is 6.01 Å². The van der Waals surface area contributed by atoms with Gasteiger partial charge >= 0.3 is 12.0 Å². The molecule has 9 heteroatoms. The average molecular weight is 316 g/mol. The summed E-state index contributed by atoms with van der Waals surface area (Å²) in [6, 6.07) is 7.59. The number of nitrogens with zero attached hydrogens (tertiary/aromatic N) is 5. The number of fused-ring (bicyclic) bond motifs is 1. The molecule has 0 radical (unpaired) electrons. The maximum Gasteiger partial charge on any atom is 0.363 e. The van der Waals surface area contributed by atoms with Crippen LogP contribution < -0.4 is 4.74 Å². The van der Waals surface area contributed by atoms with E-state index in [1.807, 2.05) is 31.2 Å². The number of benzene rings is 1. The number of H-pyrrole nitrogens is 1. The summed E-state index contributed by atoms with van der Waals surface area (Å²) < 4.78 is 6.02.